The second-order valence-electron chi connectivity index (χ2n) is 7.63. The first-order valence-corrected chi connectivity index (χ1v) is 11.0. The van der Waals surface area contributed by atoms with Crippen LogP contribution in [0.25, 0.3) is 0 Å². The molecule has 0 aromatic carbocycles. The standard InChI is InChI=1S/C21H26N4O3S.ClH/c1-15-6-9-25(16-4-7-22-8-5-16)21(28)18(15)20(27)24-12-10-23(11-13-24)19(26)17-3-2-14-29-17;/h2-3,6,9,14,16,22H,4-5,7-8,10-13H2,1H3;1H. The fraction of sp³-hybridized carbons (Fsp3) is 0.476. The number of carbonyl (C=O) groups is 2. The molecule has 0 radical (unpaired) electrons. The van der Waals surface area contributed by atoms with Crippen molar-refractivity contribution in [3.8, 4) is 0 Å². The lowest BCUT2D eigenvalue weighted by Crippen LogP contribution is -2.51. The van der Waals surface area contributed by atoms with E-state index in [0.717, 1.165) is 25.9 Å². The number of pyridine rings is 1. The van der Waals surface area contributed by atoms with Crippen LogP contribution in [0.2, 0.25) is 0 Å². The van der Waals surface area contributed by atoms with E-state index in [1.54, 1.807) is 14.4 Å². The zero-order valence-electron chi connectivity index (χ0n) is 17.0. The van der Waals surface area contributed by atoms with Crippen molar-refractivity contribution in [1.82, 2.24) is 19.7 Å². The van der Waals surface area contributed by atoms with Crippen LogP contribution in [0.5, 0.6) is 0 Å². The molecule has 2 saturated heterocycles. The van der Waals surface area contributed by atoms with Crippen LogP contribution >= 0.6 is 23.7 Å². The number of aryl methyl sites for hydroxylation is 1. The molecular weight excluding hydrogens is 424 g/mol. The molecule has 1 N–H and O–H groups in total. The second-order valence-corrected chi connectivity index (χ2v) is 8.58. The van der Waals surface area contributed by atoms with Crippen LogP contribution < -0.4 is 10.9 Å². The van der Waals surface area contributed by atoms with Crippen LogP contribution in [-0.4, -0.2) is 65.4 Å². The Labute approximate surface area is 186 Å². The Kier molecular flexibility index (Phi) is 7.33. The molecule has 2 aromatic rings. The molecule has 2 aromatic heterocycles. The number of piperidine rings is 1. The molecule has 0 bridgehead atoms. The number of hydrogen-bond donors (Lipinski definition) is 1. The molecule has 30 heavy (non-hydrogen) atoms. The molecule has 2 fully saturated rings. The van der Waals surface area contributed by atoms with Crippen LogP contribution in [0.3, 0.4) is 0 Å². The predicted octanol–water partition coefficient (Wildman–Crippen LogP) is 2.16. The van der Waals surface area contributed by atoms with Gasteiger partial charge in [0.15, 0.2) is 0 Å². The van der Waals surface area contributed by atoms with Gasteiger partial charge >= 0.3 is 0 Å². The molecule has 0 atom stereocenters. The summed E-state index contributed by atoms with van der Waals surface area (Å²) in [4.78, 5) is 43.0. The third kappa shape index (κ3) is 4.45. The molecule has 0 aliphatic carbocycles. The van der Waals surface area contributed by atoms with E-state index in [-0.39, 0.29) is 41.4 Å². The average molecular weight is 451 g/mol. The third-order valence-electron chi connectivity index (χ3n) is 5.83. The number of carbonyl (C=O) groups excluding carboxylic acids is 2. The van der Waals surface area contributed by atoms with Crippen LogP contribution in [-0.2, 0) is 0 Å². The molecule has 9 heteroatoms. The van der Waals surface area contributed by atoms with Gasteiger partial charge in [-0.2, -0.15) is 0 Å². The monoisotopic (exact) mass is 450 g/mol. The first kappa shape index (κ1) is 22.5. The number of nitrogens with one attached hydrogen (secondary N) is 1. The minimum absolute atomic E-state index is 0. The molecule has 0 unspecified atom stereocenters. The highest BCUT2D eigenvalue weighted by atomic mass is 35.5. The summed E-state index contributed by atoms with van der Waals surface area (Å²) in [5.41, 5.74) is 0.783. The van der Waals surface area contributed by atoms with Gasteiger partial charge in [-0.15, -0.1) is 23.7 Å². The Balaban J connectivity index is 0.00000256. The fourth-order valence-electron chi connectivity index (χ4n) is 4.10. The maximum Gasteiger partial charge on any atom is 0.264 e. The van der Waals surface area contributed by atoms with Gasteiger partial charge in [-0.1, -0.05) is 6.07 Å². The maximum atomic E-state index is 13.2. The van der Waals surface area contributed by atoms with Crippen molar-refractivity contribution in [2.24, 2.45) is 0 Å². The number of amides is 2. The number of nitrogens with zero attached hydrogens (tertiary/aromatic N) is 3. The smallest absolute Gasteiger partial charge is 0.264 e. The number of thiophene rings is 1. The first-order chi connectivity index (χ1) is 14.1. The zero-order chi connectivity index (χ0) is 20.4. The summed E-state index contributed by atoms with van der Waals surface area (Å²) >= 11 is 1.43. The number of hydrogen-bond acceptors (Lipinski definition) is 5. The van der Waals surface area contributed by atoms with Gasteiger partial charge in [0.2, 0.25) is 0 Å². The summed E-state index contributed by atoms with van der Waals surface area (Å²) in [6, 6.07) is 5.69. The Morgan fingerprint density at radius 2 is 1.67 bits per heavy atom. The van der Waals surface area contributed by atoms with Crippen molar-refractivity contribution >= 4 is 35.6 Å². The molecule has 0 saturated carbocycles. The highest BCUT2D eigenvalue weighted by molar-refractivity contribution is 7.12. The van der Waals surface area contributed by atoms with Crippen molar-refractivity contribution in [2.75, 3.05) is 39.3 Å². The van der Waals surface area contributed by atoms with Crippen LogP contribution in [0.15, 0.2) is 34.6 Å². The quantitative estimate of drug-likeness (QED) is 0.777. The van der Waals surface area contributed by atoms with E-state index in [1.165, 1.54) is 11.3 Å². The largest absolute Gasteiger partial charge is 0.335 e. The highest BCUT2D eigenvalue weighted by Crippen LogP contribution is 2.19. The molecule has 4 heterocycles. The topological polar surface area (TPSA) is 74.7 Å². The molecule has 2 aliphatic rings. The SMILES string of the molecule is Cc1ccn(C2CCNCC2)c(=O)c1C(=O)N1CCN(C(=O)c2cccs2)CC1.Cl. The van der Waals surface area contributed by atoms with E-state index in [9.17, 15) is 14.4 Å². The molecule has 0 spiro atoms. The fourth-order valence-corrected chi connectivity index (χ4v) is 4.79. The van der Waals surface area contributed by atoms with Gasteiger partial charge in [-0.25, -0.2) is 0 Å². The summed E-state index contributed by atoms with van der Waals surface area (Å²) in [6.45, 7) is 5.43. The Morgan fingerprint density at radius 3 is 2.27 bits per heavy atom. The molecule has 4 rings (SSSR count). The van der Waals surface area contributed by atoms with Crippen LogP contribution in [0.1, 0.15) is 44.5 Å². The van der Waals surface area contributed by atoms with E-state index in [4.69, 9.17) is 0 Å². The zero-order valence-corrected chi connectivity index (χ0v) is 18.6. The van der Waals surface area contributed by atoms with E-state index >= 15 is 0 Å². The van der Waals surface area contributed by atoms with Crippen LogP contribution in [0.4, 0.5) is 0 Å². The molecule has 7 nitrogen and oxygen atoms in total. The van der Waals surface area contributed by atoms with E-state index < -0.39 is 0 Å². The summed E-state index contributed by atoms with van der Waals surface area (Å²) in [7, 11) is 0. The van der Waals surface area contributed by atoms with Crippen molar-refractivity contribution in [2.45, 2.75) is 25.8 Å². The summed E-state index contributed by atoms with van der Waals surface area (Å²) < 4.78 is 1.73. The van der Waals surface area contributed by atoms with Crippen molar-refractivity contribution in [3.05, 3.63) is 56.1 Å². The normalized spacial score (nSPS) is 17.5. The Hall–Kier alpha value is -2.16. The van der Waals surface area contributed by atoms with Gasteiger partial charge in [0, 0.05) is 38.4 Å². The lowest BCUT2D eigenvalue weighted by molar-refractivity contribution is 0.0536. The Bertz CT molecular complexity index is 946. The average Bonchev–Trinajstić information content (AvgIpc) is 3.29. The molecule has 2 aliphatic heterocycles. The van der Waals surface area contributed by atoms with Crippen molar-refractivity contribution in [1.29, 1.82) is 0 Å². The summed E-state index contributed by atoms with van der Waals surface area (Å²) in [6.07, 6.45) is 3.60. The third-order valence-corrected chi connectivity index (χ3v) is 6.69. The number of rotatable bonds is 3. The second kappa shape index (κ2) is 9.76. The van der Waals surface area contributed by atoms with E-state index in [0.29, 0.717) is 36.6 Å². The number of piperazine rings is 1. The minimum atomic E-state index is -0.223. The van der Waals surface area contributed by atoms with Gasteiger partial charge < -0.3 is 19.7 Å². The lowest BCUT2D eigenvalue weighted by Gasteiger charge is -2.35. The molecule has 162 valence electrons. The van der Waals surface area contributed by atoms with Gasteiger partial charge in [-0.05, 0) is 55.9 Å². The van der Waals surface area contributed by atoms with Crippen LogP contribution in [0, 0.1) is 6.92 Å². The molecule has 2 amide bonds. The predicted molar refractivity (Wildman–Crippen MR) is 120 cm³/mol. The van der Waals surface area contributed by atoms with Gasteiger partial charge in [-0.3, -0.25) is 14.4 Å². The van der Waals surface area contributed by atoms with Crippen molar-refractivity contribution in [3.63, 3.8) is 0 Å². The van der Waals surface area contributed by atoms with Gasteiger partial charge in [0.1, 0.15) is 5.56 Å². The highest BCUT2D eigenvalue weighted by Gasteiger charge is 2.29. The van der Waals surface area contributed by atoms with Crippen molar-refractivity contribution < 1.29 is 9.59 Å². The number of aromatic nitrogens is 1. The van der Waals surface area contributed by atoms with Gasteiger partial charge in [0.25, 0.3) is 17.4 Å². The summed E-state index contributed by atoms with van der Waals surface area (Å²) in [5.74, 6) is -0.213. The maximum absolute atomic E-state index is 13.2. The number of halogens is 1. The molecular formula is C21H27ClN4O3S. The Morgan fingerprint density at radius 1 is 1.03 bits per heavy atom. The summed E-state index contributed by atoms with van der Waals surface area (Å²) in [5, 5.41) is 5.19. The van der Waals surface area contributed by atoms with Gasteiger partial charge in [0.05, 0.1) is 4.88 Å². The van der Waals surface area contributed by atoms with E-state index in [1.807, 2.05) is 36.7 Å². The lowest BCUT2D eigenvalue weighted by atomic mass is 10.0. The van der Waals surface area contributed by atoms with E-state index in [2.05, 4.69) is 5.32 Å². The minimum Gasteiger partial charge on any atom is -0.335 e. The first-order valence-electron chi connectivity index (χ1n) is 10.1.